The summed E-state index contributed by atoms with van der Waals surface area (Å²) in [6.45, 7) is 11.5. The number of carboxylic acids is 3. The number of sulfonamides is 2. The summed E-state index contributed by atoms with van der Waals surface area (Å²) in [5.74, 6) is -13.7. The lowest BCUT2D eigenvalue weighted by Crippen LogP contribution is -2.56. The molecule has 1 saturated heterocycles. The van der Waals surface area contributed by atoms with Gasteiger partial charge in [0.2, 0.25) is 72.3 Å². The highest BCUT2D eigenvalue weighted by molar-refractivity contribution is 7.90. The lowest BCUT2D eigenvalue weighted by Gasteiger charge is -2.32. The number of hydrogen-bond donors (Lipinski definition) is 21. The van der Waals surface area contributed by atoms with Gasteiger partial charge in [-0.05, 0) is 149 Å². The smallest absolute Gasteiger partial charge is 0.323 e. The second-order valence-corrected chi connectivity index (χ2v) is 37.9. The Bertz CT molecular complexity index is 6170. The molecule has 4 aromatic heterocycles. The molecule has 0 aliphatic carbocycles. The van der Waals surface area contributed by atoms with Crippen molar-refractivity contribution >= 4 is 125 Å². The lowest BCUT2D eigenvalue weighted by molar-refractivity contribution is -0.316. The molecule has 8 aromatic rings. The van der Waals surface area contributed by atoms with Gasteiger partial charge in [0, 0.05) is 186 Å². The Labute approximate surface area is 823 Å². The summed E-state index contributed by atoms with van der Waals surface area (Å²) < 4.78 is 74.5. The van der Waals surface area contributed by atoms with Crippen molar-refractivity contribution in [1.82, 2.24) is 106 Å². The fourth-order valence-electron chi connectivity index (χ4n) is 15.8. The minimum absolute atomic E-state index is 0.0195. The molecule has 51 heteroatoms. The molecular weight excluding hydrogens is 1910 g/mol. The van der Waals surface area contributed by atoms with E-state index in [1.807, 2.05) is 14.0 Å². The number of ether oxygens (including phenoxy) is 2. The van der Waals surface area contributed by atoms with Gasteiger partial charge in [-0.1, -0.05) is 26.0 Å². The zero-order chi connectivity index (χ0) is 105. The summed E-state index contributed by atoms with van der Waals surface area (Å²) in [6.07, 6.45) is 6.74. The number of anilines is 2. The van der Waals surface area contributed by atoms with Crippen molar-refractivity contribution in [3.05, 3.63) is 163 Å². The number of benzene rings is 4. The van der Waals surface area contributed by atoms with Gasteiger partial charge >= 0.3 is 17.9 Å². The van der Waals surface area contributed by atoms with E-state index in [0.717, 1.165) is 17.7 Å². The van der Waals surface area contributed by atoms with E-state index in [1.165, 1.54) is 64.4 Å². The topological polar surface area (TPSA) is 684 Å². The van der Waals surface area contributed by atoms with E-state index in [1.54, 1.807) is 101 Å². The van der Waals surface area contributed by atoms with Gasteiger partial charge in [-0.2, -0.15) is 9.44 Å². The van der Waals surface area contributed by atoms with Crippen molar-refractivity contribution in [3.63, 3.8) is 0 Å². The first-order valence-corrected chi connectivity index (χ1v) is 49.2. The number of fused-ring (bicyclic) bond motifs is 2. The van der Waals surface area contributed by atoms with Crippen LogP contribution in [0.2, 0.25) is 0 Å². The number of aromatic nitrogens is 6. The van der Waals surface area contributed by atoms with Crippen LogP contribution in [0.4, 0.5) is 11.9 Å². The van der Waals surface area contributed by atoms with E-state index in [2.05, 4.69) is 97.7 Å². The Balaban J connectivity index is 0.727. The maximum atomic E-state index is 14.4. The molecule has 1 aliphatic rings. The highest BCUT2D eigenvalue weighted by atomic mass is 32.2. The van der Waals surface area contributed by atoms with Gasteiger partial charge in [-0.15, -0.1) is 0 Å². The van der Waals surface area contributed by atoms with Crippen molar-refractivity contribution in [3.8, 4) is 11.5 Å². The number of nitrogens with zero attached hydrogens (tertiary/aromatic N) is 8. The van der Waals surface area contributed by atoms with Crippen molar-refractivity contribution in [2.75, 3.05) is 142 Å². The number of likely N-dealkylation sites (N-methyl/N-ethyl adjacent to an activating group) is 2. The van der Waals surface area contributed by atoms with Gasteiger partial charge in [0.15, 0.2) is 11.9 Å². The predicted molar refractivity (Wildman–Crippen MR) is 521 cm³/mol. The van der Waals surface area contributed by atoms with Crippen molar-refractivity contribution in [2.24, 2.45) is 14.1 Å². The molecule has 21 N–H and O–H groups in total. The van der Waals surface area contributed by atoms with Gasteiger partial charge in [-0.3, -0.25) is 76.9 Å². The van der Waals surface area contributed by atoms with E-state index in [0.29, 0.717) is 75.3 Å². The summed E-state index contributed by atoms with van der Waals surface area (Å²) >= 11 is 0. The molecule has 1 aliphatic heterocycles. The van der Waals surface area contributed by atoms with Crippen LogP contribution in [0.25, 0.3) is 21.8 Å². The van der Waals surface area contributed by atoms with E-state index in [4.69, 9.17) is 9.47 Å². The molecule has 49 nitrogen and oxygen atoms in total. The van der Waals surface area contributed by atoms with E-state index >= 15 is 0 Å². The van der Waals surface area contributed by atoms with Gasteiger partial charge < -0.3 is 127 Å². The van der Waals surface area contributed by atoms with Crippen LogP contribution in [0.3, 0.4) is 0 Å². The Kier molecular flexibility index (Phi) is 42.0. The fourth-order valence-corrected chi connectivity index (χ4v) is 19.1. The average Bonchev–Trinajstić information content (AvgIpc) is 0.875. The third-order valence-electron chi connectivity index (χ3n) is 23.3. The molecule has 5 atom stereocenters. The molecule has 1 fully saturated rings. The maximum Gasteiger partial charge on any atom is 0.323 e. The van der Waals surface area contributed by atoms with Crippen LogP contribution in [0, 0.1) is 27.7 Å². The Morgan fingerprint density at radius 3 is 1.30 bits per heavy atom. The summed E-state index contributed by atoms with van der Waals surface area (Å²) in [5.41, 5.74) is 1.33. The second kappa shape index (κ2) is 53.3. The number of aromatic amines is 2. The number of pyridine rings is 2. The number of rotatable bonds is 53. The van der Waals surface area contributed by atoms with Crippen molar-refractivity contribution in [2.45, 2.75) is 152 Å². The number of carbonyl (C=O) groups is 12. The first-order valence-electron chi connectivity index (χ1n) is 46.3. The molecule has 4 aromatic carbocycles. The molecule has 0 bridgehead atoms. The van der Waals surface area contributed by atoms with Gasteiger partial charge in [0.25, 0.3) is 17.8 Å². The maximum absolute atomic E-state index is 14.4. The van der Waals surface area contributed by atoms with Crippen molar-refractivity contribution in [1.29, 1.82) is 0 Å². The minimum Gasteiger partial charge on any atom is -0.494 e. The first-order chi connectivity index (χ1) is 67.8. The quantitative estimate of drug-likeness (QED) is 0.0141. The van der Waals surface area contributed by atoms with Crippen LogP contribution in [-0.2, 0) is 95.2 Å². The van der Waals surface area contributed by atoms with Crippen LogP contribution >= 0.6 is 0 Å². The van der Waals surface area contributed by atoms with Gasteiger partial charge in [0.1, 0.15) is 52.8 Å². The predicted octanol–water partition coefficient (Wildman–Crippen LogP) is -2.28. The second-order valence-electron chi connectivity index (χ2n) is 34.6. The number of H-pyrrole nitrogens is 2. The monoisotopic (exact) mass is 2030 g/mol. The SMILES string of the molecule is CCC(NC(=O)[C@H](CCC(=O)NC(CC(O)(O)O)C(=O)NCCNC(=O)CCCOc1cc(C)c(S(=O)(=O)NC(CNC(=O)c2cn(C)c3cc(CNc4ncc[nH]4)ccc3c2=O)C(=O)O)c(C)c1)NC(=O)CN1CCN(C)CCN(CC)CCN(CC(=O)O)CC1)C(=O)NCCNC(=O)CCCOc1cc(C)c(S(=O)(=O)NC(CNC(=O)c2cn(C)c3cc(CNc4ncc[nH]4)ccc3c2=O)C(=O)O)c(C)c1. The van der Waals surface area contributed by atoms with Crippen LogP contribution in [-0.4, -0.2) is 335 Å². The van der Waals surface area contributed by atoms with Crippen LogP contribution in [0.1, 0.15) is 119 Å². The fraction of sp³-hybridized carbons (Fsp3) is 0.478. The number of aryl methyl sites for hydroxylation is 6. The summed E-state index contributed by atoms with van der Waals surface area (Å²) in [6, 6.07) is 7.10. The third-order valence-corrected chi connectivity index (χ3v) is 26.8. The molecule has 5 heterocycles. The Morgan fingerprint density at radius 1 is 0.476 bits per heavy atom. The van der Waals surface area contributed by atoms with Crippen LogP contribution in [0.5, 0.6) is 11.5 Å². The lowest BCUT2D eigenvalue weighted by atomic mass is 10.1. The summed E-state index contributed by atoms with van der Waals surface area (Å²) in [5, 5.41) is 89.5. The highest BCUT2D eigenvalue weighted by Crippen LogP contribution is 2.29. The Morgan fingerprint density at radius 2 is 0.888 bits per heavy atom. The first kappa shape index (κ1) is 113. The van der Waals surface area contributed by atoms with E-state index in [9.17, 15) is 115 Å². The average molecular weight is 2040 g/mol. The molecule has 9 rings (SSSR count). The van der Waals surface area contributed by atoms with Crippen LogP contribution < -0.4 is 88.3 Å². The normalized spacial score (nSPS) is 14.3. The molecular formula is C92H127N23O26S2. The van der Waals surface area contributed by atoms with Gasteiger partial charge in [0.05, 0.1) is 53.5 Å². The molecule has 778 valence electrons. The Hall–Kier alpha value is -13.9. The molecule has 0 spiro atoms. The van der Waals surface area contributed by atoms with E-state index in [-0.39, 0.29) is 163 Å². The zero-order valence-corrected chi connectivity index (χ0v) is 82.5. The number of carbonyl (C=O) groups excluding carboxylic acids is 9. The highest BCUT2D eigenvalue weighted by Gasteiger charge is 2.36. The molecule has 4 unspecified atom stereocenters. The van der Waals surface area contributed by atoms with Crippen molar-refractivity contribution < 1.29 is 114 Å². The van der Waals surface area contributed by atoms with E-state index < -0.39 is 171 Å². The van der Waals surface area contributed by atoms with Crippen LogP contribution in [0.15, 0.2) is 117 Å². The standard InChI is InChI=1S/C92H127N23O26S2/c1-10-67(85(126)95-24-22-93-74(116)14-12-38-140-61-40-55(3)81(56(4)41-61)142(136,137)108-70(88(129)130)49-101-83(124)65-51-111(8)72-44-59(16-18-63(72)79(65)122)47-103-90-97-26-27-98-90)107-87(128)68(105-77(119)53-114-33-31-110(7)30-32-113(11-2)34-35-115(37-36-114)54-78(120)121)20-21-76(118)106-69(46-92(133,134)135)86(127)96-25-23-94-75(117)15-13-39-141-62-42-57(5)82(58(6)43-62)143(138,139)109-71(89(131)132)50-102-84(125)66-52-112(9)73-45-60(17-19-64(73)80(66)123)48-104-91-99-28-29-100-91/h16-19,26-29,40-45,51-52,67-71,108-109,133-135H,10-15,20-25,30-39,46-50,53-54H2,1-9H3,(H,93,116)(H,94,117)(H,95,126)(H,96,127)(H,101,124)(H,102,125)(H,105,119)(H,106,118)(H,107,128)(H,120,121)(H,129,130)(H,131,132)(H2,97,98,103)(H2,99,100,104)/t67?,68-,69?,70?,71?/m0/s1. The largest absolute Gasteiger partial charge is 0.494 e. The van der Waals surface area contributed by atoms with Gasteiger partial charge in [-0.25, -0.2) is 26.8 Å². The summed E-state index contributed by atoms with van der Waals surface area (Å²) in [4.78, 5) is 208. The zero-order valence-electron chi connectivity index (χ0n) is 80.9. The number of nitrogens with one attached hydrogen (secondary N) is 15. The number of carboxylic acid groups (broad SMARTS) is 3. The summed E-state index contributed by atoms with van der Waals surface area (Å²) in [7, 11) is -4.04. The molecule has 143 heavy (non-hydrogen) atoms. The molecule has 9 amide bonds. The number of aliphatic hydroxyl groups is 3. The third kappa shape index (κ3) is 34.8. The minimum atomic E-state index is -4.61. The number of aliphatic carboxylic acids is 3. The molecule has 0 radical (unpaired) electrons. The molecule has 0 saturated carbocycles. The number of amides is 9. The number of imidazole rings is 2. The number of hydrogen-bond acceptors (Lipinski definition) is 31.